The number of methoxy groups -OCH3 is 1. The van der Waals surface area contributed by atoms with Crippen LogP contribution < -0.4 is 9.47 Å². The molecule has 2 aromatic rings. The van der Waals surface area contributed by atoms with Crippen molar-refractivity contribution in [2.75, 3.05) is 19.0 Å². The van der Waals surface area contributed by atoms with Crippen molar-refractivity contribution in [3.63, 3.8) is 0 Å². The van der Waals surface area contributed by atoms with E-state index in [2.05, 4.69) is 40.2 Å². The highest BCUT2D eigenvalue weighted by Crippen LogP contribution is 2.27. The number of para-hydroxylation sites is 2. The fourth-order valence-electron chi connectivity index (χ4n) is 2.11. The summed E-state index contributed by atoms with van der Waals surface area (Å²) >= 11 is 3.59. The molecule has 0 aliphatic heterocycles. The summed E-state index contributed by atoms with van der Waals surface area (Å²) in [6, 6.07) is 18.3. The smallest absolute Gasteiger partial charge is 0.161 e. The van der Waals surface area contributed by atoms with Gasteiger partial charge in [-0.3, -0.25) is 0 Å². The molecule has 0 heterocycles. The number of rotatable bonds is 7. The zero-order valence-electron chi connectivity index (χ0n) is 11.6. The van der Waals surface area contributed by atoms with E-state index in [0.717, 1.165) is 23.2 Å². The highest BCUT2D eigenvalue weighted by Gasteiger charge is 2.10. The van der Waals surface area contributed by atoms with Gasteiger partial charge in [0, 0.05) is 5.33 Å². The summed E-state index contributed by atoms with van der Waals surface area (Å²) in [4.78, 5) is 0. The van der Waals surface area contributed by atoms with E-state index < -0.39 is 0 Å². The minimum absolute atomic E-state index is 0.464. The van der Waals surface area contributed by atoms with Crippen molar-refractivity contribution >= 4 is 15.9 Å². The lowest BCUT2D eigenvalue weighted by atomic mass is 9.98. The molecule has 1 atom stereocenters. The molecule has 0 spiro atoms. The zero-order chi connectivity index (χ0) is 14.2. The van der Waals surface area contributed by atoms with Crippen molar-refractivity contribution in [2.24, 2.45) is 0 Å². The molecule has 0 aliphatic rings. The van der Waals surface area contributed by atoms with Crippen LogP contribution in [-0.2, 0) is 0 Å². The van der Waals surface area contributed by atoms with Crippen LogP contribution in [0.1, 0.15) is 17.9 Å². The molecule has 1 unspecified atom stereocenters. The van der Waals surface area contributed by atoms with E-state index in [1.165, 1.54) is 5.56 Å². The van der Waals surface area contributed by atoms with Gasteiger partial charge in [0.1, 0.15) is 0 Å². The lowest BCUT2D eigenvalue weighted by molar-refractivity contribution is 0.282. The minimum atomic E-state index is 0.464. The molecule has 0 aliphatic carbocycles. The SMILES string of the molecule is COc1ccccc1OCCC(CBr)c1ccccc1. The van der Waals surface area contributed by atoms with Crippen molar-refractivity contribution in [3.8, 4) is 11.5 Å². The second-order valence-corrected chi connectivity index (χ2v) is 5.20. The van der Waals surface area contributed by atoms with Crippen LogP contribution in [0.3, 0.4) is 0 Å². The van der Waals surface area contributed by atoms with E-state index in [9.17, 15) is 0 Å². The van der Waals surface area contributed by atoms with Crippen molar-refractivity contribution < 1.29 is 9.47 Å². The number of alkyl halides is 1. The van der Waals surface area contributed by atoms with Gasteiger partial charge in [-0.05, 0) is 30.0 Å². The number of halogens is 1. The van der Waals surface area contributed by atoms with Gasteiger partial charge in [0.2, 0.25) is 0 Å². The molecule has 2 aromatic carbocycles. The van der Waals surface area contributed by atoms with Crippen LogP contribution in [0.4, 0.5) is 0 Å². The van der Waals surface area contributed by atoms with Gasteiger partial charge >= 0.3 is 0 Å². The standard InChI is InChI=1S/C17H19BrO2/c1-19-16-9-5-6-10-17(16)20-12-11-15(13-18)14-7-3-2-4-8-14/h2-10,15H,11-13H2,1H3. The van der Waals surface area contributed by atoms with Crippen molar-refractivity contribution in [2.45, 2.75) is 12.3 Å². The maximum Gasteiger partial charge on any atom is 0.161 e. The number of ether oxygens (including phenoxy) is 2. The summed E-state index contributed by atoms with van der Waals surface area (Å²) in [5, 5.41) is 0.937. The fraction of sp³-hybridized carbons (Fsp3) is 0.294. The van der Waals surface area contributed by atoms with E-state index in [-0.39, 0.29) is 0 Å². The second kappa shape index (κ2) is 7.95. The van der Waals surface area contributed by atoms with Crippen LogP contribution >= 0.6 is 15.9 Å². The van der Waals surface area contributed by atoms with E-state index >= 15 is 0 Å². The summed E-state index contributed by atoms with van der Waals surface area (Å²) < 4.78 is 11.1. The molecular weight excluding hydrogens is 316 g/mol. The predicted octanol–water partition coefficient (Wildman–Crippen LogP) is 4.64. The molecule has 3 heteroatoms. The predicted molar refractivity (Wildman–Crippen MR) is 86.1 cm³/mol. The average Bonchev–Trinajstić information content (AvgIpc) is 2.53. The van der Waals surface area contributed by atoms with Gasteiger partial charge in [0.15, 0.2) is 11.5 Å². The first-order valence-electron chi connectivity index (χ1n) is 6.72. The summed E-state index contributed by atoms with van der Waals surface area (Å²) in [7, 11) is 1.66. The van der Waals surface area contributed by atoms with Gasteiger partial charge in [0.25, 0.3) is 0 Å². The molecule has 106 valence electrons. The Labute approximate surface area is 128 Å². The van der Waals surface area contributed by atoms with Crippen LogP contribution in [0.25, 0.3) is 0 Å². The van der Waals surface area contributed by atoms with Crippen LogP contribution in [0.5, 0.6) is 11.5 Å². The maximum atomic E-state index is 5.84. The Morgan fingerprint density at radius 3 is 2.25 bits per heavy atom. The summed E-state index contributed by atoms with van der Waals surface area (Å²) in [6.45, 7) is 0.672. The topological polar surface area (TPSA) is 18.5 Å². The first-order valence-corrected chi connectivity index (χ1v) is 7.84. The van der Waals surface area contributed by atoms with E-state index in [4.69, 9.17) is 9.47 Å². The quantitative estimate of drug-likeness (QED) is 0.686. The van der Waals surface area contributed by atoms with Crippen LogP contribution in [0.2, 0.25) is 0 Å². The third-order valence-electron chi connectivity index (χ3n) is 3.25. The molecule has 20 heavy (non-hydrogen) atoms. The molecule has 0 aromatic heterocycles. The number of benzene rings is 2. The van der Waals surface area contributed by atoms with Crippen LogP contribution in [-0.4, -0.2) is 19.0 Å². The Kier molecular flexibility index (Phi) is 5.93. The van der Waals surface area contributed by atoms with Gasteiger partial charge in [-0.1, -0.05) is 58.4 Å². The summed E-state index contributed by atoms with van der Waals surface area (Å²) in [6.07, 6.45) is 0.966. The monoisotopic (exact) mass is 334 g/mol. The zero-order valence-corrected chi connectivity index (χ0v) is 13.2. The maximum absolute atomic E-state index is 5.84. The number of hydrogen-bond acceptors (Lipinski definition) is 2. The highest BCUT2D eigenvalue weighted by molar-refractivity contribution is 9.09. The first-order chi connectivity index (χ1) is 9.85. The third-order valence-corrected chi connectivity index (χ3v) is 4.03. The summed E-state index contributed by atoms with van der Waals surface area (Å²) in [5.41, 5.74) is 1.34. The minimum Gasteiger partial charge on any atom is -0.493 e. The molecule has 0 saturated heterocycles. The lowest BCUT2D eigenvalue weighted by Crippen LogP contribution is -2.07. The Morgan fingerprint density at radius 2 is 1.60 bits per heavy atom. The number of hydrogen-bond donors (Lipinski definition) is 0. The molecule has 2 rings (SSSR count). The Bertz CT molecular complexity index is 513. The lowest BCUT2D eigenvalue weighted by Gasteiger charge is -2.16. The molecule has 0 N–H and O–H groups in total. The van der Waals surface area contributed by atoms with Gasteiger partial charge in [-0.25, -0.2) is 0 Å². The Balaban J connectivity index is 1.91. The summed E-state index contributed by atoms with van der Waals surface area (Å²) in [5.74, 6) is 2.05. The molecule has 0 fully saturated rings. The normalized spacial score (nSPS) is 11.9. The van der Waals surface area contributed by atoms with Crippen LogP contribution in [0.15, 0.2) is 54.6 Å². The Morgan fingerprint density at radius 1 is 0.950 bits per heavy atom. The van der Waals surface area contributed by atoms with E-state index in [1.807, 2.05) is 30.3 Å². The van der Waals surface area contributed by atoms with Crippen molar-refractivity contribution in [3.05, 3.63) is 60.2 Å². The van der Waals surface area contributed by atoms with Crippen molar-refractivity contribution in [1.29, 1.82) is 0 Å². The van der Waals surface area contributed by atoms with Gasteiger partial charge < -0.3 is 9.47 Å². The molecule has 0 amide bonds. The first kappa shape index (κ1) is 14.9. The van der Waals surface area contributed by atoms with Gasteiger partial charge in [-0.2, -0.15) is 0 Å². The van der Waals surface area contributed by atoms with Crippen LogP contribution in [0, 0.1) is 0 Å². The Hall–Kier alpha value is -1.48. The third kappa shape index (κ3) is 4.01. The fourth-order valence-corrected chi connectivity index (χ4v) is 2.80. The van der Waals surface area contributed by atoms with E-state index in [0.29, 0.717) is 12.5 Å². The largest absolute Gasteiger partial charge is 0.493 e. The molecular formula is C17H19BrO2. The molecule has 0 saturated carbocycles. The average molecular weight is 335 g/mol. The second-order valence-electron chi connectivity index (χ2n) is 4.55. The molecule has 2 nitrogen and oxygen atoms in total. The van der Waals surface area contributed by atoms with Gasteiger partial charge in [-0.15, -0.1) is 0 Å². The molecule has 0 radical (unpaired) electrons. The molecule has 0 bridgehead atoms. The van der Waals surface area contributed by atoms with E-state index in [1.54, 1.807) is 7.11 Å². The van der Waals surface area contributed by atoms with Gasteiger partial charge in [0.05, 0.1) is 13.7 Å². The highest BCUT2D eigenvalue weighted by atomic mass is 79.9. The van der Waals surface area contributed by atoms with Crippen molar-refractivity contribution in [1.82, 2.24) is 0 Å².